The first kappa shape index (κ1) is 19.7. The van der Waals surface area contributed by atoms with E-state index in [1.165, 1.54) is 5.56 Å². The van der Waals surface area contributed by atoms with Gasteiger partial charge in [0.15, 0.2) is 0 Å². The Balaban J connectivity index is 1.43. The molecule has 0 unspecified atom stereocenters. The predicted molar refractivity (Wildman–Crippen MR) is 119 cm³/mol. The lowest BCUT2D eigenvalue weighted by molar-refractivity contribution is 0.0954. The van der Waals surface area contributed by atoms with Crippen LogP contribution in [0.2, 0.25) is 0 Å². The van der Waals surface area contributed by atoms with Crippen molar-refractivity contribution in [3.05, 3.63) is 95.8 Å². The van der Waals surface area contributed by atoms with E-state index < -0.39 is 0 Å². The molecule has 1 aromatic heterocycles. The molecule has 0 saturated heterocycles. The first-order chi connectivity index (χ1) is 14.7. The Morgan fingerprint density at radius 2 is 1.80 bits per heavy atom. The average Bonchev–Trinajstić information content (AvgIpc) is 3.12. The third kappa shape index (κ3) is 4.69. The van der Waals surface area contributed by atoms with Gasteiger partial charge in [0.1, 0.15) is 18.2 Å². The summed E-state index contributed by atoms with van der Waals surface area (Å²) in [6.07, 6.45) is 0.650. The maximum atomic E-state index is 12.3. The number of nitrogens with zero attached hydrogens (tertiary/aromatic N) is 2. The molecule has 0 atom stereocenters. The van der Waals surface area contributed by atoms with Gasteiger partial charge in [0.2, 0.25) is 0 Å². The summed E-state index contributed by atoms with van der Waals surface area (Å²) in [7, 11) is 0. The number of amides is 1. The van der Waals surface area contributed by atoms with Crippen LogP contribution in [0.4, 0.5) is 0 Å². The Labute approximate surface area is 176 Å². The zero-order valence-electron chi connectivity index (χ0n) is 17.0. The second-order valence-corrected chi connectivity index (χ2v) is 7.21. The van der Waals surface area contributed by atoms with Crippen LogP contribution >= 0.6 is 0 Å². The second kappa shape index (κ2) is 9.27. The van der Waals surface area contributed by atoms with E-state index in [4.69, 9.17) is 9.72 Å². The fourth-order valence-corrected chi connectivity index (χ4v) is 3.51. The maximum absolute atomic E-state index is 12.3. The molecule has 1 heterocycles. The van der Waals surface area contributed by atoms with Crippen molar-refractivity contribution in [2.75, 3.05) is 13.2 Å². The van der Waals surface area contributed by atoms with E-state index in [9.17, 15) is 4.79 Å². The van der Waals surface area contributed by atoms with Gasteiger partial charge in [0, 0.05) is 18.5 Å². The van der Waals surface area contributed by atoms with Gasteiger partial charge in [-0.05, 0) is 48.9 Å². The van der Waals surface area contributed by atoms with Crippen LogP contribution in [0, 0.1) is 6.92 Å². The van der Waals surface area contributed by atoms with Crippen molar-refractivity contribution in [3.8, 4) is 5.75 Å². The minimum atomic E-state index is -0.0685. The molecular formula is C25H25N3O2. The molecule has 1 amide bonds. The molecule has 4 aromatic rings. The fourth-order valence-electron chi connectivity index (χ4n) is 3.51. The number of carbonyl (C=O) groups is 1. The molecule has 0 aliphatic carbocycles. The van der Waals surface area contributed by atoms with Gasteiger partial charge in [-0.2, -0.15) is 0 Å². The highest BCUT2D eigenvalue weighted by Gasteiger charge is 2.11. The van der Waals surface area contributed by atoms with Crippen LogP contribution in [-0.2, 0) is 13.0 Å². The zero-order valence-corrected chi connectivity index (χ0v) is 17.0. The number of hydrogen-bond acceptors (Lipinski definition) is 3. The lowest BCUT2D eigenvalue weighted by atomic mass is 10.2. The molecule has 0 bridgehead atoms. The van der Waals surface area contributed by atoms with Gasteiger partial charge >= 0.3 is 0 Å². The van der Waals surface area contributed by atoms with Crippen molar-refractivity contribution in [1.29, 1.82) is 0 Å². The molecule has 0 fully saturated rings. The van der Waals surface area contributed by atoms with Crippen molar-refractivity contribution in [2.45, 2.75) is 19.9 Å². The number of imidazole rings is 1. The van der Waals surface area contributed by atoms with Gasteiger partial charge in [-0.25, -0.2) is 4.98 Å². The molecule has 0 spiro atoms. The van der Waals surface area contributed by atoms with E-state index in [0.717, 1.165) is 22.6 Å². The zero-order chi connectivity index (χ0) is 20.8. The molecule has 0 aliphatic rings. The van der Waals surface area contributed by atoms with Gasteiger partial charge in [-0.3, -0.25) is 4.79 Å². The van der Waals surface area contributed by atoms with Crippen LogP contribution in [0.5, 0.6) is 5.75 Å². The summed E-state index contributed by atoms with van der Waals surface area (Å²) in [5.74, 6) is 1.74. The van der Waals surface area contributed by atoms with Crippen LogP contribution in [-0.4, -0.2) is 28.6 Å². The highest BCUT2D eigenvalue weighted by atomic mass is 16.5. The summed E-state index contributed by atoms with van der Waals surface area (Å²) < 4.78 is 8.13. The summed E-state index contributed by atoms with van der Waals surface area (Å²) in [4.78, 5) is 17.1. The van der Waals surface area contributed by atoms with Crippen molar-refractivity contribution < 1.29 is 9.53 Å². The normalized spacial score (nSPS) is 10.8. The largest absolute Gasteiger partial charge is 0.492 e. The molecule has 1 N–H and O–H groups in total. The Hall–Kier alpha value is -3.60. The van der Waals surface area contributed by atoms with Crippen molar-refractivity contribution in [2.24, 2.45) is 0 Å². The molecular weight excluding hydrogens is 374 g/mol. The topological polar surface area (TPSA) is 56.1 Å². The summed E-state index contributed by atoms with van der Waals surface area (Å²) in [6.45, 7) is 3.82. The summed E-state index contributed by atoms with van der Waals surface area (Å²) in [6, 6.07) is 25.4. The lowest BCUT2D eigenvalue weighted by Crippen LogP contribution is -2.26. The van der Waals surface area contributed by atoms with Crippen LogP contribution in [0.3, 0.4) is 0 Å². The fraction of sp³-hybridized carbons (Fsp3) is 0.200. The van der Waals surface area contributed by atoms with Gasteiger partial charge in [0.25, 0.3) is 5.91 Å². The van der Waals surface area contributed by atoms with Crippen molar-refractivity contribution >= 4 is 16.9 Å². The number of nitrogens with one attached hydrogen (secondary N) is 1. The van der Waals surface area contributed by atoms with E-state index in [2.05, 4.69) is 28.9 Å². The molecule has 4 rings (SSSR count). The first-order valence-electron chi connectivity index (χ1n) is 10.2. The van der Waals surface area contributed by atoms with Gasteiger partial charge in [-0.15, -0.1) is 0 Å². The van der Waals surface area contributed by atoms with Crippen molar-refractivity contribution in [1.82, 2.24) is 14.9 Å². The number of aromatic nitrogens is 2. The van der Waals surface area contributed by atoms with E-state index in [1.807, 2.05) is 66.7 Å². The maximum Gasteiger partial charge on any atom is 0.251 e. The number of rotatable bonds is 8. The SMILES string of the molecule is Cc1cccc(OCCn2c(CCNC(=O)c3ccccc3)nc3ccccc32)c1. The molecule has 152 valence electrons. The van der Waals surface area contributed by atoms with E-state index >= 15 is 0 Å². The summed E-state index contributed by atoms with van der Waals surface area (Å²) >= 11 is 0. The molecule has 5 nitrogen and oxygen atoms in total. The van der Waals surface area contributed by atoms with Crippen LogP contribution in [0.15, 0.2) is 78.9 Å². The monoisotopic (exact) mass is 399 g/mol. The molecule has 0 radical (unpaired) electrons. The van der Waals surface area contributed by atoms with Crippen LogP contribution in [0.1, 0.15) is 21.7 Å². The smallest absolute Gasteiger partial charge is 0.251 e. The summed E-state index contributed by atoms with van der Waals surface area (Å²) in [5.41, 5.74) is 3.88. The van der Waals surface area contributed by atoms with Crippen LogP contribution < -0.4 is 10.1 Å². The third-order valence-corrected chi connectivity index (χ3v) is 4.98. The number of carbonyl (C=O) groups excluding carboxylic acids is 1. The van der Waals surface area contributed by atoms with Crippen LogP contribution in [0.25, 0.3) is 11.0 Å². The van der Waals surface area contributed by atoms with E-state index in [0.29, 0.717) is 31.7 Å². The average molecular weight is 399 g/mol. The molecule has 0 aliphatic heterocycles. The van der Waals surface area contributed by atoms with Gasteiger partial charge < -0.3 is 14.6 Å². The Morgan fingerprint density at radius 1 is 1.00 bits per heavy atom. The number of aryl methyl sites for hydroxylation is 1. The summed E-state index contributed by atoms with van der Waals surface area (Å²) in [5, 5.41) is 2.98. The van der Waals surface area contributed by atoms with Gasteiger partial charge in [0.05, 0.1) is 17.6 Å². The minimum absolute atomic E-state index is 0.0685. The third-order valence-electron chi connectivity index (χ3n) is 4.98. The van der Waals surface area contributed by atoms with Crippen molar-refractivity contribution in [3.63, 3.8) is 0 Å². The quantitative estimate of drug-likeness (QED) is 0.478. The number of fused-ring (bicyclic) bond motifs is 1. The second-order valence-electron chi connectivity index (χ2n) is 7.21. The molecule has 0 saturated carbocycles. The lowest BCUT2D eigenvalue weighted by Gasteiger charge is -2.12. The Bertz CT molecular complexity index is 1140. The highest BCUT2D eigenvalue weighted by Crippen LogP contribution is 2.17. The van der Waals surface area contributed by atoms with E-state index in [-0.39, 0.29) is 5.91 Å². The van der Waals surface area contributed by atoms with E-state index in [1.54, 1.807) is 0 Å². The number of benzene rings is 3. The Kier molecular flexibility index (Phi) is 6.09. The number of para-hydroxylation sites is 2. The van der Waals surface area contributed by atoms with Gasteiger partial charge in [-0.1, -0.05) is 42.5 Å². The predicted octanol–water partition coefficient (Wildman–Crippen LogP) is 4.40. The molecule has 30 heavy (non-hydrogen) atoms. The highest BCUT2D eigenvalue weighted by molar-refractivity contribution is 5.94. The molecule has 5 heteroatoms. The first-order valence-corrected chi connectivity index (χ1v) is 10.2. The minimum Gasteiger partial charge on any atom is -0.492 e. The molecule has 3 aromatic carbocycles. The Morgan fingerprint density at radius 3 is 2.63 bits per heavy atom. The number of hydrogen-bond donors (Lipinski definition) is 1. The standard InChI is InChI=1S/C25H25N3O2/c1-19-8-7-11-21(18-19)30-17-16-28-23-13-6-5-12-22(23)27-24(28)14-15-26-25(29)20-9-3-2-4-10-20/h2-13,18H,14-17H2,1H3,(H,26,29). The number of ether oxygens (including phenoxy) is 1.